The summed E-state index contributed by atoms with van der Waals surface area (Å²) in [5.74, 6) is 0.636. The molecule has 0 amide bonds. The largest absolute Gasteiger partial charge is 0.0845 e. The van der Waals surface area contributed by atoms with Gasteiger partial charge in [-0.1, -0.05) is 64.8 Å². The molecule has 0 rings (SSSR count). The van der Waals surface area contributed by atoms with Crippen molar-refractivity contribution in [2.45, 2.75) is 54.9 Å². The summed E-state index contributed by atoms with van der Waals surface area (Å²) in [5, 5.41) is 0. The first-order valence-corrected chi connectivity index (χ1v) is 5.68. The summed E-state index contributed by atoms with van der Waals surface area (Å²) in [5.41, 5.74) is 3.30. The summed E-state index contributed by atoms with van der Waals surface area (Å²) in [6, 6.07) is 0. The summed E-state index contributed by atoms with van der Waals surface area (Å²) >= 11 is 0. The maximum atomic E-state index is 2.30. The van der Waals surface area contributed by atoms with E-state index in [-0.39, 0.29) is 5.41 Å². The van der Waals surface area contributed by atoms with Gasteiger partial charge in [0.2, 0.25) is 0 Å². The van der Waals surface area contributed by atoms with Crippen LogP contribution in [0.3, 0.4) is 0 Å². The normalized spacial score (nSPS) is 15.1. The Morgan fingerprint density at radius 2 is 1.71 bits per heavy atom. The van der Waals surface area contributed by atoms with E-state index in [1.807, 2.05) is 0 Å². The molecule has 0 nitrogen and oxygen atoms in total. The minimum Gasteiger partial charge on any atom is -0.0845 e. The van der Waals surface area contributed by atoms with Gasteiger partial charge in [-0.15, -0.1) is 0 Å². The van der Waals surface area contributed by atoms with Crippen molar-refractivity contribution in [3.63, 3.8) is 0 Å². The minimum atomic E-state index is 0.288. The van der Waals surface area contributed by atoms with Gasteiger partial charge in [0, 0.05) is 0 Å². The van der Waals surface area contributed by atoms with E-state index < -0.39 is 0 Å². The summed E-state index contributed by atoms with van der Waals surface area (Å²) in [6.45, 7) is 15.9. The van der Waals surface area contributed by atoms with Crippen molar-refractivity contribution in [1.29, 1.82) is 0 Å². The number of allylic oxidation sites excluding steroid dienone is 4. The predicted molar refractivity (Wildman–Crippen MR) is 66.4 cm³/mol. The summed E-state index contributed by atoms with van der Waals surface area (Å²) in [7, 11) is 0. The zero-order chi connectivity index (χ0) is 11.4. The highest BCUT2D eigenvalue weighted by molar-refractivity contribution is 5.28. The van der Waals surface area contributed by atoms with E-state index in [1.54, 1.807) is 5.57 Å². The third-order valence-corrected chi connectivity index (χ3v) is 2.41. The summed E-state index contributed by atoms with van der Waals surface area (Å²) in [4.78, 5) is 0. The Hall–Kier alpha value is -0.520. The standard InChI is InChI=1S/C14H26/c1-8-9-10-12(4)13(11(2)3)14(5,6)7/h9-11H,8H2,1-7H3/b10-9-,13-12-. The van der Waals surface area contributed by atoms with Gasteiger partial charge < -0.3 is 0 Å². The molecule has 0 spiro atoms. The van der Waals surface area contributed by atoms with Crippen LogP contribution in [0.2, 0.25) is 0 Å². The molecule has 0 aliphatic carbocycles. The van der Waals surface area contributed by atoms with E-state index in [4.69, 9.17) is 0 Å². The van der Waals surface area contributed by atoms with E-state index >= 15 is 0 Å². The van der Waals surface area contributed by atoms with Crippen molar-refractivity contribution in [3.8, 4) is 0 Å². The van der Waals surface area contributed by atoms with Crippen LogP contribution in [-0.2, 0) is 0 Å². The fraction of sp³-hybridized carbons (Fsp3) is 0.714. The molecular weight excluding hydrogens is 168 g/mol. The molecule has 0 saturated carbocycles. The molecule has 0 aromatic heterocycles. The Labute approximate surface area is 90.1 Å². The molecule has 0 aromatic rings. The molecule has 0 saturated heterocycles. The summed E-state index contributed by atoms with van der Waals surface area (Å²) < 4.78 is 0. The molecule has 0 heterocycles. The first kappa shape index (κ1) is 13.5. The van der Waals surface area contributed by atoms with E-state index in [1.165, 1.54) is 5.57 Å². The van der Waals surface area contributed by atoms with E-state index in [9.17, 15) is 0 Å². The van der Waals surface area contributed by atoms with Gasteiger partial charge in [0.15, 0.2) is 0 Å². The Balaban J connectivity index is 5.07. The van der Waals surface area contributed by atoms with Crippen LogP contribution in [-0.4, -0.2) is 0 Å². The third-order valence-electron chi connectivity index (χ3n) is 2.41. The first-order valence-electron chi connectivity index (χ1n) is 5.68. The maximum Gasteiger partial charge on any atom is -0.0165 e. The van der Waals surface area contributed by atoms with Crippen molar-refractivity contribution in [2.24, 2.45) is 11.3 Å². The Bertz CT molecular complexity index is 221. The molecule has 0 bridgehead atoms. The highest BCUT2D eigenvalue weighted by Crippen LogP contribution is 2.34. The highest BCUT2D eigenvalue weighted by atomic mass is 14.3. The smallest absolute Gasteiger partial charge is 0.0165 e. The number of hydrogen-bond donors (Lipinski definition) is 0. The zero-order valence-corrected chi connectivity index (χ0v) is 10.9. The summed E-state index contributed by atoms with van der Waals surface area (Å²) in [6.07, 6.45) is 5.62. The van der Waals surface area contributed by atoms with Crippen molar-refractivity contribution < 1.29 is 0 Å². The van der Waals surface area contributed by atoms with Gasteiger partial charge in [-0.25, -0.2) is 0 Å². The second kappa shape index (κ2) is 5.38. The Morgan fingerprint density at radius 3 is 2.00 bits per heavy atom. The predicted octanol–water partition coefficient (Wildman–Crippen LogP) is 4.97. The van der Waals surface area contributed by atoms with Gasteiger partial charge in [-0.05, 0) is 24.7 Å². The molecule has 0 heteroatoms. The molecule has 0 fully saturated rings. The Kier molecular flexibility index (Phi) is 5.18. The lowest BCUT2D eigenvalue weighted by atomic mass is 9.77. The molecular formula is C14H26. The molecule has 0 unspecified atom stereocenters. The molecule has 82 valence electrons. The molecule has 0 aliphatic heterocycles. The van der Waals surface area contributed by atoms with Crippen LogP contribution in [0, 0.1) is 11.3 Å². The molecule has 0 aliphatic rings. The first-order chi connectivity index (χ1) is 6.30. The SMILES string of the molecule is CC/C=C\C(C)=C(\C(C)C)C(C)(C)C. The lowest BCUT2D eigenvalue weighted by Gasteiger charge is -2.28. The molecule has 0 aromatic carbocycles. The molecule has 0 atom stereocenters. The highest BCUT2D eigenvalue weighted by Gasteiger charge is 2.21. The van der Waals surface area contributed by atoms with E-state index in [0.717, 1.165) is 6.42 Å². The van der Waals surface area contributed by atoms with Gasteiger partial charge in [0.05, 0.1) is 0 Å². The second-order valence-electron chi connectivity index (χ2n) is 5.31. The minimum absolute atomic E-state index is 0.288. The number of rotatable bonds is 3. The van der Waals surface area contributed by atoms with Crippen LogP contribution in [0.4, 0.5) is 0 Å². The van der Waals surface area contributed by atoms with Crippen LogP contribution in [0.5, 0.6) is 0 Å². The second-order valence-corrected chi connectivity index (χ2v) is 5.31. The topological polar surface area (TPSA) is 0 Å². The third kappa shape index (κ3) is 4.13. The van der Waals surface area contributed by atoms with Crippen LogP contribution in [0.25, 0.3) is 0 Å². The molecule has 14 heavy (non-hydrogen) atoms. The van der Waals surface area contributed by atoms with Gasteiger partial charge in [-0.2, -0.15) is 0 Å². The zero-order valence-electron chi connectivity index (χ0n) is 10.9. The average Bonchev–Trinajstić information content (AvgIpc) is 1.97. The fourth-order valence-electron chi connectivity index (χ4n) is 2.30. The van der Waals surface area contributed by atoms with Crippen molar-refractivity contribution in [2.75, 3.05) is 0 Å². The lowest BCUT2D eigenvalue weighted by Crippen LogP contribution is -2.15. The fourth-order valence-corrected chi connectivity index (χ4v) is 2.30. The van der Waals surface area contributed by atoms with E-state index in [0.29, 0.717) is 5.92 Å². The Morgan fingerprint density at radius 1 is 1.21 bits per heavy atom. The monoisotopic (exact) mass is 194 g/mol. The van der Waals surface area contributed by atoms with Crippen molar-refractivity contribution in [3.05, 3.63) is 23.3 Å². The van der Waals surface area contributed by atoms with Crippen LogP contribution in [0.1, 0.15) is 54.9 Å². The molecule has 0 N–H and O–H groups in total. The van der Waals surface area contributed by atoms with Crippen molar-refractivity contribution >= 4 is 0 Å². The van der Waals surface area contributed by atoms with Gasteiger partial charge in [0.1, 0.15) is 0 Å². The lowest BCUT2D eigenvalue weighted by molar-refractivity contribution is 0.444. The van der Waals surface area contributed by atoms with E-state index in [2.05, 4.69) is 60.6 Å². The van der Waals surface area contributed by atoms with Crippen LogP contribution >= 0.6 is 0 Å². The maximum absolute atomic E-state index is 2.30. The van der Waals surface area contributed by atoms with Crippen LogP contribution in [0.15, 0.2) is 23.3 Å². The number of hydrogen-bond acceptors (Lipinski definition) is 0. The van der Waals surface area contributed by atoms with Crippen molar-refractivity contribution in [1.82, 2.24) is 0 Å². The van der Waals surface area contributed by atoms with Gasteiger partial charge in [-0.3, -0.25) is 0 Å². The quantitative estimate of drug-likeness (QED) is 0.556. The van der Waals surface area contributed by atoms with Gasteiger partial charge in [0.25, 0.3) is 0 Å². The molecule has 0 radical (unpaired) electrons. The van der Waals surface area contributed by atoms with Gasteiger partial charge >= 0.3 is 0 Å². The average molecular weight is 194 g/mol. The van der Waals surface area contributed by atoms with Crippen LogP contribution < -0.4 is 0 Å².